The first-order chi connectivity index (χ1) is 11.8. The highest BCUT2D eigenvalue weighted by Crippen LogP contribution is 2.21. The second-order valence-electron chi connectivity index (χ2n) is 5.48. The van der Waals surface area contributed by atoms with E-state index in [2.05, 4.69) is 64.6 Å². The number of aromatic nitrogens is 2. The molecule has 3 rings (SSSR count). The largest absolute Gasteiger partial charge is 0.337 e. The fourth-order valence-electron chi connectivity index (χ4n) is 2.38. The van der Waals surface area contributed by atoms with Crippen LogP contribution in [0.25, 0.3) is 0 Å². The van der Waals surface area contributed by atoms with Crippen molar-refractivity contribution in [2.24, 2.45) is 0 Å². The van der Waals surface area contributed by atoms with Gasteiger partial charge in [0.2, 0.25) is 0 Å². The molecule has 0 saturated carbocycles. The van der Waals surface area contributed by atoms with Crippen molar-refractivity contribution >= 4 is 35.7 Å². The lowest BCUT2D eigenvalue weighted by atomic mass is 10.1. The Balaban J connectivity index is 1.39. The van der Waals surface area contributed by atoms with Gasteiger partial charge in [-0.3, -0.25) is 0 Å². The Labute approximate surface area is 156 Å². The minimum atomic E-state index is 0.704. The molecule has 2 nitrogen and oxygen atoms in total. The van der Waals surface area contributed by atoms with Crippen LogP contribution in [0.5, 0.6) is 0 Å². The second kappa shape index (κ2) is 9.16. The van der Waals surface area contributed by atoms with Crippen LogP contribution in [0.4, 0.5) is 0 Å². The van der Waals surface area contributed by atoms with Gasteiger partial charge in [0, 0.05) is 34.0 Å². The van der Waals surface area contributed by atoms with Crippen LogP contribution in [-0.4, -0.2) is 21.5 Å². The van der Waals surface area contributed by atoms with E-state index in [-0.39, 0.29) is 0 Å². The summed E-state index contributed by atoms with van der Waals surface area (Å²) >= 11 is 8.87. The third-order valence-corrected chi connectivity index (χ3v) is 6.08. The van der Waals surface area contributed by atoms with Crippen molar-refractivity contribution in [3.05, 3.63) is 82.4 Å². The summed E-state index contributed by atoms with van der Waals surface area (Å²) in [6, 6.07) is 19.5. The van der Waals surface area contributed by atoms with E-state index in [0.29, 0.717) is 4.77 Å². The van der Waals surface area contributed by atoms with E-state index in [1.54, 1.807) is 0 Å². The molecule has 0 unspecified atom stereocenters. The molecule has 24 heavy (non-hydrogen) atoms. The maximum Gasteiger partial charge on any atom is 0.174 e. The maximum absolute atomic E-state index is 5.03. The monoisotopic (exact) mass is 372 g/mol. The average molecular weight is 373 g/mol. The van der Waals surface area contributed by atoms with Crippen LogP contribution in [0.3, 0.4) is 0 Å². The van der Waals surface area contributed by atoms with Crippen molar-refractivity contribution in [1.82, 2.24) is 9.97 Å². The highest BCUT2D eigenvalue weighted by Gasteiger charge is 1.99. The summed E-state index contributed by atoms with van der Waals surface area (Å²) in [7, 11) is 0. The Bertz CT molecular complexity index is 791. The molecule has 0 saturated heterocycles. The van der Waals surface area contributed by atoms with Gasteiger partial charge in [0.1, 0.15) is 0 Å². The first-order valence-electron chi connectivity index (χ1n) is 7.89. The van der Waals surface area contributed by atoms with Crippen LogP contribution in [0.15, 0.2) is 65.7 Å². The van der Waals surface area contributed by atoms with Gasteiger partial charge in [-0.25, -0.2) is 0 Å². The van der Waals surface area contributed by atoms with Crippen molar-refractivity contribution in [3.63, 3.8) is 0 Å². The number of hydrogen-bond acceptors (Lipinski definition) is 3. The highest BCUT2D eigenvalue weighted by atomic mass is 32.2. The molecule has 2 N–H and O–H groups in total. The molecule has 0 atom stereocenters. The SMILES string of the molecule is S=c1[nH]cc(CSCCSc2ccc(Cc3ccccc3)cc2)[nH]1. The van der Waals surface area contributed by atoms with E-state index in [1.807, 2.05) is 29.7 Å². The smallest absolute Gasteiger partial charge is 0.174 e. The van der Waals surface area contributed by atoms with Crippen molar-refractivity contribution in [3.8, 4) is 0 Å². The number of thioether (sulfide) groups is 2. The minimum absolute atomic E-state index is 0.704. The van der Waals surface area contributed by atoms with Crippen LogP contribution in [0, 0.1) is 4.77 Å². The Morgan fingerprint density at radius 2 is 1.62 bits per heavy atom. The fourth-order valence-corrected chi connectivity index (χ4v) is 4.46. The topological polar surface area (TPSA) is 31.6 Å². The molecule has 2 aromatic carbocycles. The fraction of sp³-hybridized carbons (Fsp3) is 0.211. The Hall–Kier alpha value is -1.43. The molecule has 0 spiro atoms. The van der Waals surface area contributed by atoms with Gasteiger partial charge in [-0.15, -0.1) is 11.8 Å². The summed E-state index contributed by atoms with van der Waals surface area (Å²) in [5.41, 5.74) is 3.89. The van der Waals surface area contributed by atoms with Crippen LogP contribution < -0.4 is 0 Å². The highest BCUT2D eigenvalue weighted by molar-refractivity contribution is 8.02. The van der Waals surface area contributed by atoms with Gasteiger partial charge < -0.3 is 9.97 Å². The number of H-pyrrole nitrogens is 2. The summed E-state index contributed by atoms with van der Waals surface area (Å²) in [5.74, 6) is 3.22. The number of hydrogen-bond donors (Lipinski definition) is 2. The van der Waals surface area contributed by atoms with E-state index < -0.39 is 0 Å². The number of nitrogens with one attached hydrogen (secondary N) is 2. The Morgan fingerprint density at radius 3 is 2.33 bits per heavy atom. The van der Waals surface area contributed by atoms with Gasteiger partial charge in [0.15, 0.2) is 4.77 Å². The predicted molar refractivity (Wildman–Crippen MR) is 109 cm³/mol. The van der Waals surface area contributed by atoms with Crippen LogP contribution in [0.1, 0.15) is 16.8 Å². The molecule has 0 aliphatic rings. The van der Waals surface area contributed by atoms with E-state index in [0.717, 1.165) is 23.7 Å². The summed E-state index contributed by atoms with van der Waals surface area (Å²) in [6.45, 7) is 0. The van der Waals surface area contributed by atoms with E-state index >= 15 is 0 Å². The quantitative estimate of drug-likeness (QED) is 0.303. The van der Waals surface area contributed by atoms with Crippen molar-refractivity contribution < 1.29 is 0 Å². The minimum Gasteiger partial charge on any atom is -0.337 e. The summed E-state index contributed by atoms with van der Waals surface area (Å²) in [5, 5.41) is 0. The molecule has 0 bridgehead atoms. The zero-order valence-corrected chi connectivity index (χ0v) is 15.8. The average Bonchev–Trinajstić information content (AvgIpc) is 3.02. The first-order valence-corrected chi connectivity index (χ1v) is 10.4. The van der Waals surface area contributed by atoms with E-state index in [1.165, 1.54) is 21.7 Å². The van der Waals surface area contributed by atoms with Gasteiger partial charge >= 0.3 is 0 Å². The summed E-state index contributed by atoms with van der Waals surface area (Å²) in [6.07, 6.45) is 2.95. The van der Waals surface area contributed by atoms with Gasteiger partial charge in [-0.1, -0.05) is 42.5 Å². The summed E-state index contributed by atoms with van der Waals surface area (Å²) < 4.78 is 0.704. The van der Waals surface area contributed by atoms with Crippen molar-refractivity contribution in [1.29, 1.82) is 0 Å². The molecule has 0 aliphatic heterocycles. The first kappa shape index (κ1) is 17.4. The van der Waals surface area contributed by atoms with Gasteiger partial charge in [0.25, 0.3) is 0 Å². The molecular weight excluding hydrogens is 352 g/mol. The van der Waals surface area contributed by atoms with Crippen molar-refractivity contribution in [2.45, 2.75) is 17.1 Å². The molecule has 0 amide bonds. The molecular formula is C19H20N2S3. The van der Waals surface area contributed by atoms with Crippen LogP contribution >= 0.6 is 35.7 Å². The van der Waals surface area contributed by atoms with Crippen LogP contribution in [0.2, 0.25) is 0 Å². The van der Waals surface area contributed by atoms with Gasteiger partial charge in [-0.05, 0) is 41.9 Å². The number of benzene rings is 2. The van der Waals surface area contributed by atoms with Crippen molar-refractivity contribution in [2.75, 3.05) is 11.5 Å². The normalized spacial score (nSPS) is 10.8. The molecule has 0 radical (unpaired) electrons. The third-order valence-electron chi connectivity index (χ3n) is 3.58. The molecule has 1 heterocycles. The van der Waals surface area contributed by atoms with Gasteiger partial charge in [0.05, 0.1) is 0 Å². The second-order valence-corrected chi connectivity index (χ2v) is 8.16. The van der Waals surface area contributed by atoms with E-state index in [4.69, 9.17) is 12.2 Å². The lowest BCUT2D eigenvalue weighted by molar-refractivity contribution is 1.18. The molecule has 3 aromatic rings. The zero-order valence-electron chi connectivity index (χ0n) is 13.3. The lowest BCUT2D eigenvalue weighted by Gasteiger charge is -2.05. The Morgan fingerprint density at radius 1 is 0.875 bits per heavy atom. The standard InChI is InChI=1S/C19H20N2S3/c22-19-20-13-17(21-19)14-23-10-11-24-18-8-6-16(7-9-18)12-15-4-2-1-3-5-15/h1-9,13H,10-12,14H2,(H2,20,21,22). The Kier molecular flexibility index (Phi) is 6.64. The molecule has 124 valence electrons. The molecule has 0 aliphatic carbocycles. The van der Waals surface area contributed by atoms with Gasteiger partial charge in [-0.2, -0.15) is 11.8 Å². The molecule has 5 heteroatoms. The van der Waals surface area contributed by atoms with Crippen LogP contribution in [-0.2, 0) is 12.2 Å². The summed E-state index contributed by atoms with van der Waals surface area (Å²) in [4.78, 5) is 7.48. The number of imidazole rings is 1. The predicted octanol–water partition coefficient (Wildman–Crippen LogP) is 5.69. The van der Waals surface area contributed by atoms with E-state index in [9.17, 15) is 0 Å². The molecule has 0 fully saturated rings. The zero-order chi connectivity index (χ0) is 16.6. The number of aromatic amines is 2. The number of rotatable bonds is 8. The molecule has 1 aromatic heterocycles. The lowest BCUT2D eigenvalue weighted by Crippen LogP contribution is -1.89. The third kappa shape index (κ3) is 5.58. The maximum atomic E-state index is 5.03.